The molecule has 0 aliphatic carbocycles. The maximum atomic E-state index is 12.3. The van der Waals surface area contributed by atoms with Crippen molar-refractivity contribution in [3.8, 4) is 0 Å². The van der Waals surface area contributed by atoms with Gasteiger partial charge in [0, 0.05) is 26.6 Å². The Morgan fingerprint density at radius 1 is 1.58 bits per heavy atom. The number of oxime groups is 1. The van der Waals surface area contributed by atoms with Gasteiger partial charge in [0.15, 0.2) is 0 Å². The first-order valence-electron chi connectivity index (χ1n) is 6.44. The van der Waals surface area contributed by atoms with E-state index in [1.807, 2.05) is 6.92 Å². The number of nitrogens with zero attached hydrogens (tertiary/aromatic N) is 2. The van der Waals surface area contributed by atoms with Gasteiger partial charge in [-0.3, -0.25) is 4.79 Å². The van der Waals surface area contributed by atoms with E-state index in [1.165, 1.54) is 0 Å². The maximum Gasteiger partial charge on any atom is 0.228 e. The highest BCUT2D eigenvalue weighted by molar-refractivity contribution is 5.82. The number of methoxy groups -OCH3 is 1. The van der Waals surface area contributed by atoms with Crippen molar-refractivity contribution in [3.05, 3.63) is 0 Å². The Kier molecular flexibility index (Phi) is 6.58. The van der Waals surface area contributed by atoms with E-state index < -0.39 is 0 Å². The molecule has 1 amide bonds. The summed E-state index contributed by atoms with van der Waals surface area (Å²) in [5, 5.41) is 11.4. The van der Waals surface area contributed by atoms with Crippen molar-refractivity contribution in [2.75, 3.05) is 33.4 Å². The molecule has 3 N–H and O–H groups in total. The van der Waals surface area contributed by atoms with Crippen LogP contribution in [0.4, 0.5) is 0 Å². The van der Waals surface area contributed by atoms with E-state index in [4.69, 9.17) is 20.4 Å². The number of carbonyl (C=O) groups excluding carboxylic acids is 1. The van der Waals surface area contributed by atoms with Gasteiger partial charge in [-0.05, 0) is 13.3 Å². The molecule has 0 bridgehead atoms. The lowest BCUT2D eigenvalue weighted by atomic mass is 10.0. The van der Waals surface area contributed by atoms with E-state index in [-0.39, 0.29) is 23.8 Å². The van der Waals surface area contributed by atoms with Gasteiger partial charge < -0.3 is 25.3 Å². The summed E-state index contributed by atoms with van der Waals surface area (Å²) >= 11 is 0. The first kappa shape index (κ1) is 15.7. The molecule has 2 unspecified atom stereocenters. The SMILES string of the molecule is COCCN(CCC(N)=NO)C(=O)C1COC(C)C1. The van der Waals surface area contributed by atoms with Crippen LogP contribution < -0.4 is 5.73 Å². The summed E-state index contributed by atoms with van der Waals surface area (Å²) in [7, 11) is 1.59. The molecule has 1 rings (SSSR count). The van der Waals surface area contributed by atoms with Gasteiger partial charge in [0.1, 0.15) is 5.84 Å². The van der Waals surface area contributed by atoms with Gasteiger partial charge >= 0.3 is 0 Å². The molecule has 2 atom stereocenters. The number of amides is 1. The second-order valence-corrected chi connectivity index (χ2v) is 4.74. The fraction of sp³-hybridized carbons (Fsp3) is 0.833. The standard InChI is InChI=1S/C12H23N3O4/c1-9-7-10(8-19-9)12(16)15(5-6-18-2)4-3-11(13)14-17/h9-10,17H,3-8H2,1-2H3,(H2,13,14). The van der Waals surface area contributed by atoms with E-state index in [0.717, 1.165) is 6.42 Å². The Morgan fingerprint density at radius 3 is 2.84 bits per heavy atom. The lowest BCUT2D eigenvalue weighted by Crippen LogP contribution is -2.40. The van der Waals surface area contributed by atoms with Crippen LogP contribution >= 0.6 is 0 Å². The number of nitrogens with two attached hydrogens (primary N) is 1. The zero-order valence-corrected chi connectivity index (χ0v) is 11.5. The zero-order valence-electron chi connectivity index (χ0n) is 11.5. The van der Waals surface area contributed by atoms with Gasteiger partial charge in [-0.25, -0.2) is 0 Å². The van der Waals surface area contributed by atoms with Crippen molar-refractivity contribution < 1.29 is 19.5 Å². The molecule has 7 heteroatoms. The normalized spacial score (nSPS) is 23.6. The van der Waals surface area contributed by atoms with Gasteiger partial charge in [0.05, 0.1) is 25.2 Å². The third-order valence-corrected chi connectivity index (χ3v) is 3.19. The lowest BCUT2D eigenvalue weighted by Gasteiger charge is -2.24. The van der Waals surface area contributed by atoms with Crippen LogP contribution in [0.3, 0.4) is 0 Å². The van der Waals surface area contributed by atoms with E-state index >= 15 is 0 Å². The number of ether oxygens (including phenoxy) is 2. The summed E-state index contributed by atoms with van der Waals surface area (Å²) < 4.78 is 10.4. The average Bonchev–Trinajstić information content (AvgIpc) is 2.84. The molecule has 0 radical (unpaired) electrons. The van der Waals surface area contributed by atoms with Crippen LogP contribution in [0.2, 0.25) is 0 Å². The molecule has 7 nitrogen and oxygen atoms in total. The first-order valence-corrected chi connectivity index (χ1v) is 6.44. The first-order chi connectivity index (χ1) is 9.08. The molecule has 0 aromatic carbocycles. The number of amidine groups is 1. The molecule has 1 aliphatic heterocycles. The quantitative estimate of drug-likeness (QED) is 0.295. The number of carbonyl (C=O) groups is 1. The van der Waals surface area contributed by atoms with Gasteiger partial charge in [-0.1, -0.05) is 5.16 Å². The summed E-state index contributed by atoms with van der Waals surface area (Å²) in [6, 6.07) is 0. The number of hydrogen-bond donors (Lipinski definition) is 2. The fourth-order valence-corrected chi connectivity index (χ4v) is 2.08. The Bertz CT molecular complexity index is 322. The molecule has 1 aliphatic rings. The smallest absolute Gasteiger partial charge is 0.228 e. The summed E-state index contributed by atoms with van der Waals surface area (Å²) in [4.78, 5) is 14.0. The maximum absolute atomic E-state index is 12.3. The summed E-state index contributed by atoms with van der Waals surface area (Å²) in [5.41, 5.74) is 5.43. The van der Waals surface area contributed by atoms with Crippen LogP contribution in [-0.4, -0.2) is 61.4 Å². The van der Waals surface area contributed by atoms with E-state index in [1.54, 1.807) is 12.0 Å². The second-order valence-electron chi connectivity index (χ2n) is 4.74. The monoisotopic (exact) mass is 273 g/mol. The van der Waals surface area contributed by atoms with Crippen LogP contribution in [-0.2, 0) is 14.3 Å². The highest BCUT2D eigenvalue weighted by Crippen LogP contribution is 2.21. The highest BCUT2D eigenvalue weighted by atomic mass is 16.5. The largest absolute Gasteiger partial charge is 0.409 e. The molecule has 0 saturated carbocycles. The predicted molar refractivity (Wildman–Crippen MR) is 70.0 cm³/mol. The molecule has 0 aromatic rings. The molecule has 1 saturated heterocycles. The van der Waals surface area contributed by atoms with Crippen LogP contribution in [0.25, 0.3) is 0 Å². The van der Waals surface area contributed by atoms with Crippen molar-refractivity contribution in [1.29, 1.82) is 0 Å². The molecule has 1 fully saturated rings. The molecule has 19 heavy (non-hydrogen) atoms. The van der Waals surface area contributed by atoms with Crippen LogP contribution in [0.15, 0.2) is 5.16 Å². The Labute approximate surface area is 113 Å². The summed E-state index contributed by atoms with van der Waals surface area (Å²) in [6.07, 6.45) is 1.21. The molecular formula is C12H23N3O4. The summed E-state index contributed by atoms with van der Waals surface area (Å²) in [5.74, 6) is 0.0672. The molecule has 1 heterocycles. The van der Waals surface area contributed by atoms with E-state index in [0.29, 0.717) is 32.7 Å². The highest BCUT2D eigenvalue weighted by Gasteiger charge is 2.31. The van der Waals surface area contributed by atoms with E-state index in [9.17, 15) is 4.79 Å². The lowest BCUT2D eigenvalue weighted by molar-refractivity contribution is -0.136. The fourth-order valence-electron chi connectivity index (χ4n) is 2.08. The van der Waals surface area contributed by atoms with Gasteiger partial charge in [0.25, 0.3) is 0 Å². The minimum Gasteiger partial charge on any atom is -0.409 e. The predicted octanol–water partition coefficient (Wildman–Crippen LogP) is 0.0229. The third kappa shape index (κ3) is 5.04. The van der Waals surface area contributed by atoms with Crippen molar-refractivity contribution in [2.24, 2.45) is 16.8 Å². The third-order valence-electron chi connectivity index (χ3n) is 3.19. The van der Waals surface area contributed by atoms with Gasteiger partial charge in [0.2, 0.25) is 5.91 Å². The minimum absolute atomic E-state index is 0.0483. The zero-order chi connectivity index (χ0) is 14.3. The van der Waals surface area contributed by atoms with Gasteiger partial charge in [-0.15, -0.1) is 0 Å². The molecular weight excluding hydrogens is 250 g/mol. The van der Waals surface area contributed by atoms with Crippen molar-refractivity contribution in [2.45, 2.75) is 25.9 Å². The molecule has 0 aromatic heterocycles. The Hall–Kier alpha value is -1.34. The average molecular weight is 273 g/mol. The number of hydrogen-bond acceptors (Lipinski definition) is 5. The minimum atomic E-state index is -0.0980. The number of rotatable bonds is 7. The summed E-state index contributed by atoms with van der Waals surface area (Å²) in [6.45, 7) is 3.81. The van der Waals surface area contributed by atoms with Crippen LogP contribution in [0.1, 0.15) is 19.8 Å². The molecule has 0 spiro atoms. The topological polar surface area (TPSA) is 97.4 Å². The van der Waals surface area contributed by atoms with Gasteiger partial charge in [-0.2, -0.15) is 0 Å². The van der Waals surface area contributed by atoms with Crippen molar-refractivity contribution in [3.63, 3.8) is 0 Å². The Morgan fingerprint density at radius 2 is 2.32 bits per heavy atom. The van der Waals surface area contributed by atoms with Crippen molar-refractivity contribution >= 4 is 11.7 Å². The van der Waals surface area contributed by atoms with Crippen molar-refractivity contribution in [1.82, 2.24) is 4.90 Å². The Balaban J connectivity index is 2.54. The second kappa shape index (κ2) is 7.96. The van der Waals surface area contributed by atoms with Crippen LogP contribution in [0.5, 0.6) is 0 Å². The van der Waals surface area contributed by atoms with Crippen LogP contribution in [0, 0.1) is 5.92 Å². The molecule has 110 valence electrons. The van der Waals surface area contributed by atoms with E-state index in [2.05, 4.69) is 5.16 Å².